The van der Waals surface area contributed by atoms with Crippen LogP contribution in [0.4, 0.5) is 0 Å². The first-order valence-corrected chi connectivity index (χ1v) is 9.37. The van der Waals surface area contributed by atoms with Gasteiger partial charge in [-0.3, -0.25) is 0 Å². The van der Waals surface area contributed by atoms with E-state index in [4.69, 9.17) is 0 Å². The van der Waals surface area contributed by atoms with E-state index < -0.39 is 0 Å². The van der Waals surface area contributed by atoms with Crippen molar-refractivity contribution in [1.82, 2.24) is 5.32 Å². The van der Waals surface area contributed by atoms with Gasteiger partial charge in [0.2, 0.25) is 0 Å². The first-order valence-electron chi connectivity index (χ1n) is 8.37. The molecule has 2 N–H and O–H groups in total. The summed E-state index contributed by atoms with van der Waals surface area (Å²) in [5.74, 6) is 0.408. The van der Waals surface area contributed by atoms with E-state index in [2.05, 4.69) is 57.3 Å². The molecule has 2 unspecified atom stereocenters. The van der Waals surface area contributed by atoms with Gasteiger partial charge >= 0.3 is 0 Å². The highest BCUT2D eigenvalue weighted by atomic mass is 31.1. The molecule has 2 nitrogen and oxygen atoms in total. The Morgan fingerprint density at radius 3 is 2.48 bits per heavy atom. The third-order valence-corrected chi connectivity index (χ3v) is 6.67. The first kappa shape index (κ1) is 18.0. The number of nitrogens with one attached hydrogen (secondary N) is 1. The second-order valence-corrected chi connectivity index (χ2v) is 8.07. The van der Waals surface area contributed by atoms with Gasteiger partial charge in [-0.15, -0.1) is 0 Å². The van der Waals surface area contributed by atoms with E-state index in [1.165, 1.54) is 16.4 Å². The summed E-state index contributed by atoms with van der Waals surface area (Å²) in [6.07, 6.45) is 0.998. The molecule has 0 saturated carbocycles. The maximum absolute atomic E-state index is 10.3. The Balaban J connectivity index is 2.41. The zero-order valence-electron chi connectivity index (χ0n) is 14.6. The smallest absolute Gasteiger partial charge is 0.119 e. The van der Waals surface area contributed by atoms with Crippen LogP contribution in [0.2, 0.25) is 0 Å². The van der Waals surface area contributed by atoms with E-state index in [1.54, 1.807) is 6.07 Å². The lowest BCUT2D eigenvalue weighted by Gasteiger charge is -2.31. The number of aromatic hydroxyl groups is 1. The zero-order valence-corrected chi connectivity index (χ0v) is 15.6. The van der Waals surface area contributed by atoms with E-state index in [0.29, 0.717) is 14.3 Å². The number of hydrogen-bond acceptors (Lipinski definition) is 2. The quantitative estimate of drug-likeness (QED) is 0.736. The van der Waals surface area contributed by atoms with Gasteiger partial charge in [-0.05, 0) is 42.4 Å². The molecule has 2 rings (SSSR count). The average molecular weight is 329 g/mol. The lowest BCUT2D eigenvalue weighted by molar-refractivity contribution is 0.457. The van der Waals surface area contributed by atoms with Crippen LogP contribution in [0.25, 0.3) is 0 Å². The topological polar surface area (TPSA) is 32.3 Å². The number of hydrogen-bond donors (Lipinski definition) is 2. The number of phenols is 1. The molecular formula is C20H28NOP. The highest BCUT2D eigenvalue weighted by Crippen LogP contribution is 2.47. The second-order valence-electron chi connectivity index (χ2n) is 6.22. The summed E-state index contributed by atoms with van der Waals surface area (Å²) in [4.78, 5) is 0. The third kappa shape index (κ3) is 4.13. The molecule has 2 atom stereocenters. The molecule has 0 heterocycles. The Kier molecular flexibility index (Phi) is 6.21. The van der Waals surface area contributed by atoms with Crippen molar-refractivity contribution in [2.75, 3.05) is 6.54 Å². The van der Waals surface area contributed by atoms with Crippen LogP contribution in [-0.2, 0) is 11.7 Å². The van der Waals surface area contributed by atoms with Crippen LogP contribution in [0.3, 0.4) is 0 Å². The van der Waals surface area contributed by atoms with Crippen LogP contribution >= 0.6 is 8.58 Å². The molecule has 2 aromatic carbocycles. The summed E-state index contributed by atoms with van der Waals surface area (Å²) >= 11 is 0. The highest BCUT2D eigenvalue weighted by molar-refractivity contribution is 7.48. The molecule has 23 heavy (non-hydrogen) atoms. The van der Waals surface area contributed by atoms with Crippen LogP contribution < -0.4 is 10.6 Å². The van der Waals surface area contributed by atoms with Gasteiger partial charge in [-0.2, -0.15) is 0 Å². The molecule has 0 bridgehead atoms. The Hall–Kier alpha value is -1.37. The van der Waals surface area contributed by atoms with Crippen LogP contribution in [0.1, 0.15) is 43.9 Å². The van der Waals surface area contributed by atoms with Crippen LogP contribution in [0.15, 0.2) is 42.5 Å². The fourth-order valence-electron chi connectivity index (χ4n) is 2.88. The molecule has 0 aromatic heterocycles. The van der Waals surface area contributed by atoms with E-state index in [0.717, 1.165) is 25.1 Å². The normalized spacial score (nSPS) is 14.3. The molecule has 0 aliphatic carbocycles. The SMILES string of the molecule is CCNCc1cccc(C)c1PC(C)(CC)c1ccccc1O. The Labute approximate surface area is 142 Å². The van der Waals surface area contributed by atoms with Gasteiger partial charge in [0.05, 0.1) is 0 Å². The summed E-state index contributed by atoms with van der Waals surface area (Å²) in [5.41, 5.74) is 3.77. The monoisotopic (exact) mass is 329 g/mol. The van der Waals surface area contributed by atoms with E-state index in [-0.39, 0.29) is 5.16 Å². The number of para-hydroxylation sites is 1. The Morgan fingerprint density at radius 1 is 1.09 bits per heavy atom. The van der Waals surface area contributed by atoms with Crippen molar-refractivity contribution in [3.8, 4) is 5.75 Å². The van der Waals surface area contributed by atoms with Crippen LogP contribution in [0, 0.1) is 6.92 Å². The van der Waals surface area contributed by atoms with Crippen molar-refractivity contribution in [2.45, 2.75) is 45.8 Å². The Morgan fingerprint density at radius 2 is 1.83 bits per heavy atom. The maximum atomic E-state index is 10.3. The maximum Gasteiger partial charge on any atom is 0.119 e. The van der Waals surface area contributed by atoms with Gasteiger partial charge in [-0.1, -0.05) is 65.8 Å². The molecule has 0 amide bonds. The van der Waals surface area contributed by atoms with Gasteiger partial charge in [0.1, 0.15) is 5.75 Å². The number of benzene rings is 2. The fourth-order valence-corrected chi connectivity index (χ4v) is 4.56. The van der Waals surface area contributed by atoms with Gasteiger partial charge in [0.25, 0.3) is 0 Å². The van der Waals surface area contributed by atoms with Gasteiger partial charge in [-0.25, -0.2) is 0 Å². The van der Waals surface area contributed by atoms with Crippen molar-refractivity contribution in [3.05, 3.63) is 59.2 Å². The van der Waals surface area contributed by atoms with Crippen LogP contribution in [0.5, 0.6) is 5.75 Å². The molecule has 0 fully saturated rings. The van der Waals surface area contributed by atoms with Crippen molar-refractivity contribution < 1.29 is 5.11 Å². The average Bonchev–Trinajstić information content (AvgIpc) is 2.55. The molecule has 0 radical (unpaired) electrons. The molecule has 0 spiro atoms. The summed E-state index contributed by atoms with van der Waals surface area (Å²) in [7, 11) is 0.631. The molecule has 0 aliphatic heterocycles. The summed E-state index contributed by atoms with van der Waals surface area (Å²) < 4.78 is 0. The molecule has 0 saturated heterocycles. The van der Waals surface area contributed by atoms with E-state index in [1.807, 2.05) is 12.1 Å². The van der Waals surface area contributed by atoms with Gasteiger partial charge in [0, 0.05) is 17.3 Å². The minimum Gasteiger partial charge on any atom is -0.508 e. The van der Waals surface area contributed by atoms with Crippen molar-refractivity contribution in [2.24, 2.45) is 0 Å². The summed E-state index contributed by atoms with van der Waals surface area (Å²) in [6.45, 7) is 10.7. The first-order chi connectivity index (χ1) is 11.0. The fraction of sp³-hybridized carbons (Fsp3) is 0.400. The van der Waals surface area contributed by atoms with E-state index >= 15 is 0 Å². The van der Waals surface area contributed by atoms with Gasteiger partial charge < -0.3 is 10.4 Å². The van der Waals surface area contributed by atoms with Crippen molar-refractivity contribution in [3.63, 3.8) is 0 Å². The molecule has 2 aromatic rings. The Bertz CT molecular complexity index is 656. The lowest BCUT2D eigenvalue weighted by atomic mass is 9.96. The molecular weight excluding hydrogens is 301 g/mol. The predicted molar refractivity (Wildman–Crippen MR) is 102 cm³/mol. The standard InChI is InChI=1S/C20H28NOP/c1-5-20(4,17-12-7-8-13-18(17)22)23-19-15(3)10-9-11-16(19)14-21-6-2/h7-13,21-23H,5-6,14H2,1-4H3. The lowest BCUT2D eigenvalue weighted by Crippen LogP contribution is -2.24. The molecule has 3 heteroatoms. The highest BCUT2D eigenvalue weighted by Gasteiger charge is 2.29. The summed E-state index contributed by atoms with van der Waals surface area (Å²) in [6, 6.07) is 14.3. The number of phenolic OH excluding ortho intramolecular Hbond substituents is 1. The third-order valence-electron chi connectivity index (χ3n) is 4.53. The minimum absolute atomic E-state index is 0.0432. The molecule has 0 aliphatic rings. The zero-order chi connectivity index (χ0) is 16.9. The van der Waals surface area contributed by atoms with E-state index in [9.17, 15) is 5.11 Å². The van der Waals surface area contributed by atoms with Crippen LogP contribution in [-0.4, -0.2) is 11.7 Å². The minimum atomic E-state index is -0.0432. The molecule has 124 valence electrons. The van der Waals surface area contributed by atoms with Crippen molar-refractivity contribution >= 4 is 13.9 Å². The van der Waals surface area contributed by atoms with Crippen molar-refractivity contribution in [1.29, 1.82) is 0 Å². The second kappa shape index (κ2) is 7.95. The number of aryl methyl sites for hydroxylation is 1. The van der Waals surface area contributed by atoms with Gasteiger partial charge in [0.15, 0.2) is 0 Å². The number of rotatable bonds is 7. The largest absolute Gasteiger partial charge is 0.508 e. The predicted octanol–water partition coefficient (Wildman–Crippen LogP) is 4.44. The summed E-state index contributed by atoms with van der Waals surface area (Å²) in [5, 5.41) is 15.2.